The third-order valence-corrected chi connectivity index (χ3v) is 10.3. The predicted octanol–water partition coefficient (Wildman–Crippen LogP) is 0.553. The molecule has 0 aromatic carbocycles. The SMILES string of the molecule is CC(=O)C[C@@H](CCC(=O)NCCOCCOCC(=O)NCCOCCOCC(=O)CCCCC[C@H](CC(=O)[C@H](CCC(=O)O)NC(=O)C(C)(C)CC(=O)[C@@H](N)Cc1cnc[nH]1)C(=O)O)C(=O)O. The molecule has 0 aliphatic heterocycles. The smallest absolute Gasteiger partial charge is 0.306 e. The zero-order valence-electron chi connectivity index (χ0n) is 38.8. The summed E-state index contributed by atoms with van der Waals surface area (Å²) in [5.74, 6) is -8.46. The van der Waals surface area contributed by atoms with Crippen molar-refractivity contribution in [1.29, 1.82) is 0 Å². The Kier molecular flexibility index (Phi) is 30.1. The number of aliphatic carboxylic acids is 3. The highest BCUT2D eigenvalue weighted by molar-refractivity contribution is 5.95. The first-order chi connectivity index (χ1) is 31.7. The predicted molar refractivity (Wildman–Crippen MR) is 236 cm³/mol. The molecule has 0 aliphatic carbocycles. The Balaban J connectivity index is 2.22. The number of carbonyl (C=O) groups excluding carboxylic acids is 7. The molecule has 67 heavy (non-hydrogen) atoms. The van der Waals surface area contributed by atoms with Crippen molar-refractivity contribution < 1.29 is 82.2 Å². The van der Waals surface area contributed by atoms with E-state index < -0.39 is 77.6 Å². The number of aromatic nitrogens is 2. The summed E-state index contributed by atoms with van der Waals surface area (Å²) in [5.41, 5.74) is 5.35. The Morgan fingerprint density at radius 3 is 1.88 bits per heavy atom. The van der Waals surface area contributed by atoms with Crippen LogP contribution in [0.1, 0.15) is 104 Å². The number of nitrogens with one attached hydrogen (secondary N) is 4. The van der Waals surface area contributed by atoms with Gasteiger partial charge >= 0.3 is 17.9 Å². The van der Waals surface area contributed by atoms with Gasteiger partial charge in [-0.3, -0.25) is 43.2 Å². The van der Waals surface area contributed by atoms with Crippen LogP contribution in [0.5, 0.6) is 0 Å². The minimum Gasteiger partial charge on any atom is -0.481 e. The lowest BCUT2D eigenvalue weighted by Crippen LogP contribution is -2.49. The number of imidazole rings is 1. The van der Waals surface area contributed by atoms with Crippen molar-refractivity contribution in [3.63, 3.8) is 0 Å². The van der Waals surface area contributed by atoms with Gasteiger partial charge in [-0.1, -0.05) is 26.7 Å². The van der Waals surface area contributed by atoms with Gasteiger partial charge < -0.3 is 65.7 Å². The van der Waals surface area contributed by atoms with Crippen LogP contribution >= 0.6 is 0 Å². The summed E-state index contributed by atoms with van der Waals surface area (Å²) in [5, 5.41) is 36.0. The molecule has 1 aromatic rings. The fourth-order valence-corrected chi connectivity index (χ4v) is 6.41. The molecule has 0 fully saturated rings. The summed E-state index contributed by atoms with van der Waals surface area (Å²) >= 11 is 0. The topological polar surface area (TPSA) is 359 Å². The van der Waals surface area contributed by atoms with Crippen LogP contribution in [0.4, 0.5) is 0 Å². The van der Waals surface area contributed by atoms with Crippen LogP contribution in [-0.2, 0) is 73.3 Å². The van der Waals surface area contributed by atoms with Gasteiger partial charge in [-0.15, -0.1) is 0 Å². The highest BCUT2D eigenvalue weighted by atomic mass is 16.5. The van der Waals surface area contributed by atoms with E-state index in [2.05, 4.69) is 25.9 Å². The Bertz CT molecular complexity index is 1740. The molecule has 9 N–H and O–H groups in total. The molecule has 23 heteroatoms. The quantitative estimate of drug-likeness (QED) is 0.0415. The third-order valence-electron chi connectivity index (χ3n) is 10.3. The number of amides is 3. The van der Waals surface area contributed by atoms with Gasteiger partial charge in [-0.25, -0.2) is 4.98 Å². The molecule has 1 aromatic heterocycles. The summed E-state index contributed by atoms with van der Waals surface area (Å²) in [6.07, 6.45) is 3.22. The van der Waals surface area contributed by atoms with Gasteiger partial charge in [0.2, 0.25) is 17.7 Å². The third kappa shape index (κ3) is 29.0. The van der Waals surface area contributed by atoms with Gasteiger partial charge in [0.15, 0.2) is 17.3 Å². The second-order valence-electron chi connectivity index (χ2n) is 16.7. The average molecular weight is 955 g/mol. The number of aromatic amines is 1. The molecule has 0 saturated carbocycles. The first-order valence-corrected chi connectivity index (χ1v) is 22.3. The van der Waals surface area contributed by atoms with Crippen LogP contribution in [-0.4, -0.2) is 162 Å². The molecule has 0 unspecified atom stereocenters. The van der Waals surface area contributed by atoms with E-state index in [4.69, 9.17) is 29.8 Å². The molecule has 3 amide bonds. The maximum absolute atomic E-state index is 13.3. The van der Waals surface area contributed by atoms with Crippen molar-refractivity contribution in [2.45, 2.75) is 116 Å². The molecule has 23 nitrogen and oxygen atoms in total. The molecule has 0 radical (unpaired) electrons. The molecular formula is C44H70N6O17. The lowest BCUT2D eigenvalue weighted by Gasteiger charge is -2.27. The zero-order valence-corrected chi connectivity index (χ0v) is 38.8. The van der Waals surface area contributed by atoms with Crippen LogP contribution < -0.4 is 21.7 Å². The van der Waals surface area contributed by atoms with E-state index in [0.717, 1.165) is 0 Å². The second-order valence-corrected chi connectivity index (χ2v) is 16.7. The van der Waals surface area contributed by atoms with Crippen molar-refractivity contribution in [2.24, 2.45) is 23.0 Å². The standard InChI is InChI=1S/C44H70N6O17/c1-29(51)21-31(42(61)62)9-11-38(55)47-13-15-64-18-20-67-27-39(56)48-14-16-65-17-19-66-26-33(52)8-6-4-5-7-30(41(59)60)22-36(53)35(10-12-40(57)58)50-43(63)44(2,3)24-37(54)34(45)23-32-25-46-28-49-32/h25,28,30-31,34-35H,4-24,26-27,45H2,1-3H3,(H,46,49)(H,47,55)(H,48,56)(H,50,63)(H,57,58)(H,59,60)(H,61,62)/t30-,31-,34+,35+/m1/s1. The van der Waals surface area contributed by atoms with Gasteiger partial charge in [0.05, 0.1) is 75.3 Å². The summed E-state index contributed by atoms with van der Waals surface area (Å²) in [7, 11) is 0. The molecule has 378 valence electrons. The van der Waals surface area contributed by atoms with Crippen LogP contribution in [0.3, 0.4) is 0 Å². The minimum atomic E-state index is -1.32. The molecule has 1 heterocycles. The maximum Gasteiger partial charge on any atom is 0.306 e. The van der Waals surface area contributed by atoms with Gasteiger partial charge in [0.1, 0.15) is 19.0 Å². The maximum atomic E-state index is 13.3. The summed E-state index contributed by atoms with van der Waals surface area (Å²) < 4.78 is 21.3. The lowest BCUT2D eigenvalue weighted by atomic mass is 9.83. The molecule has 1 rings (SSSR count). The molecule has 0 spiro atoms. The number of carboxylic acids is 3. The number of nitrogens with two attached hydrogens (primary N) is 1. The number of ketones is 4. The Labute approximate surface area is 389 Å². The number of Topliss-reactive ketones (excluding diaryl/α,β-unsaturated/α-hetero) is 4. The number of rotatable bonds is 42. The van der Waals surface area contributed by atoms with Crippen molar-refractivity contribution in [3.8, 4) is 0 Å². The molecule has 0 bridgehead atoms. The first kappa shape index (κ1) is 59.5. The van der Waals surface area contributed by atoms with E-state index in [1.807, 2.05) is 0 Å². The number of hydrogen-bond acceptors (Lipinski definition) is 16. The first-order valence-electron chi connectivity index (χ1n) is 22.3. The fraction of sp³-hybridized carbons (Fsp3) is 0.705. The highest BCUT2D eigenvalue weighted by Gasteiger charge is 2.36. The van der Waals surface area contributed by atoms with Crippen LogP contribution in [0.2, 0.25) is 0 Å². The van der Waals surface area contributed by atoms with Crippen molar-refractivity contribution >= 4 is 58.8 Å². The van der Waals surface area contributed by atoms with Crippen molar-refractivity contribution in [1.82, 2.24) is 25.9 Å². The largest absolute Gasteiger partial charge is 0.481 e. The Morgan fingerprint density at radius 1 is 0.701 bits per heavy atom. The van der Waals surface area contributed by atoms with Gasteiger partial charge in [-0.2, -0.15) is 0 Å². The van der Waals surface area contributed by atoms with E-state index in [0.29, 0.717) is 25.0 Å². The van der Waals surface area contributed by atoms with Crippen LogP contribution in [0.25, 0.3) is 0 Å². The monoisotopic (exact) mass is 954 g/mol. The number of H-pyrrole nitrogens is 1. The van der Waals surface area contributed by atoms with E-state index >= 15 is 0 Å². The van der Waals surface area contributed by atoms with Crippen molar-refractivity contribution in [3.05, 3.63) is 18.2 Å². The molecule has 0 saturated heterocycles. The Morgan fingerprint density at radius 2 is 1.30 bits per heavy atom. The van der Waals surface area contributed by atoms with E-state index in [-0.39, 0.29) is 141 Å². The molecule has 0 aliphatic rings. The van der Waals surface area contributed by atoms with Crippen LogP contribution in [0.15, 0.2) is 12.5 Å². The number of hydrogen-bond donors (Lipinski definition) is 8. The van der Waals surface area contributed by atoms with Crippen molar-refractivity contribution in [2.75, 3.05) is 65.9 Å². The summed E-state index contributed by atoms with van der Waals surface area (Å²) in [4.78, 5) is 128. The number of nitrogens with zero attached hydrogens (tertiary/aromatic N) is 1. The molecule has 4 atom stereocenters. The summed E-state index contributed by atoms with van der Waals surface area (Å²) in [6.45, 7) is 5.34. The molecular weight excluding hydrogens is 885 g/mol. The summed E-state index contributed by atoms with van der Waals surface area (Å²) in [6, 6.07) is -2.22. The number of carbonyl (C=O) groups is 10. The normalized spacial score (nSPS) is 13.1. The van der Waals surface area contributed by atoms with Crippen LogP contribution in [0, 0.1) is 17.3 Å². The zero-order chi connectivity index (χ0) is 50.2. The fourth-order valence-electron chi connectivity index (χ4n) is 6.41. The second kappa shape index (κ2) is 33.9. The van der Waals surface area contributed by atoms with Gasteiger partial charge in [-0.05, 0) is 32.6 Å². The number of carboxylic acid groups (broad SMARTS) is 3. The van der Waals surface area contributed by atoms with Gasteiger partial charge in [0, 0.05) is 69.9 Å². The highest BCUT2D eigenvalue weighted by Crippen LogP contribution is 2.24. The van der Waals surface area contributed by atoms with E-state index in [1.54, 1.807) is 0 Å². The van der Waals surface area contributed by atoms with E-state index in [1.165, 1.54) is 33.3 Å². The van der Waals surface area contributed by atoms with E-state index in [9.17, 15) is 58.2 Å². The average Bonchev–Trinajstić information content (AvgIpc) is 3.77. The number of ether oxygens (including phenoxy) is 4. The minimum absolute atomic E-state index is 0.0287. The Hall–Kier alpha value is -5.49. The van der Waals surface area contributed by atoms with Gasteiger partial charge in [0.25, 0.3) is 0 Å². The lowest BCUT2D eigenvalue weighted by molar-refractivity contribution is -0.145. The number of unbranched alkanes of at least 4 members (excludes halogenated alkanes) is 2.